The molecular formula is C16H9F12NO. The first kappa shape index (κ1) is 25.2. The van der Waals surface area contributed by atoms with Gasteiger partial charge >= 0.3 is 24.7 Å². The lowest BCUT2D eigenvalue weighted by atomic mass is 10.1. The molecule has 0 bridgehead atoms. The Bertz CT molecular complexity index is 804. The maximum atomic E-state index is 12.2. The van der Waals surface area contributed by atoms with E-state index in [0.717, 1.165) is 6.07 Å². The van der Waals surface area contributed by atoms with E-state index in [-0.39, 0.29) is 23.9 Å². The van der Waals surface area contributed by atoms with Gasteiger partial charge in [0.05, 0.1) is 22.3 Å². The summed E-state index contributed by atoms with van der Waals surface area (Å²) < 4.78 is 146. The molecule has 0 saturated carbocycles. The number of phenols is 1. The molecule has 0 aliphatic heterocycles. The van der Waals surface area contributed by atoms with Crippen LogP contribution >= 0.6 is 0 Å². The van der Waals surface area contributed by atoms with Crippen LogP contribution in [0.4, 0.5) is 58.4 Å². The SMILES string of the molecule is Nc1ccc(C(F)(F)F)c(C(F)(F)F)c1.Oc1ccc(C(F)(F)F)c(C(F)(F)F)c1. The monoisotopic (exact) mass is 459 g/mol. The van der Waals surface area contributed by atoms with Crippen LogP contribution in [0.1, 0.15) is 22.3 Å². The predicted molar refractivity (Wildman–Crippen MR) is 79.0 cm³/mol. The quantitative estimate of drug-likeness (QED) is 0.339. The Morgan fingerprint density at radius 2 is 0.833 bits per heavy atom. The average Bonchev–Trinajstić information content (AvgIpc) is 2.51. The molecule has 2 nitrogen and oxygen atoms in total. The van der Waals surface area contributed by atoms with E-state index in [4.69, 9.17) is 10.8 Å². The van der Waals surface area contributed by atoms with Crippen molar-refractivity contribution < 1.29 is 57.8 Å². The van der Waals surface area contributed by atoms with Crippen LogP contribution in [-0.2, 0) is 24.7 Å². The molecule has 3 N–H and O–H groups in total. The van der Waals surface area contributed by atoms with Gasteiger partial charge in [0.15, 0.2) is 0 Å². The second-order valence-corrected chi connectivity index (χ2v) is 5.53. The Morgan fingerprint density at radius 1 is 0.500 bits per heavy atom. The number of anilines is 1. The smallest absolute Gasteiger partial charge is 0.417 e. The molecule has 0 saturated heterocycles. The second-order valence-electron chi connectivity index (χ2n) is 5.53. The lowest BCUT2D eigenvalue weighted by Gasteiger charge is -2.15. The van der Waals surface area contributed by atoms with Gasteiger partial charge in [-0.3, -0.25) is 0 Å². The van der Waals surface area contributed by atoms with Crippen molar-refractivity contribution in [2.24, 2.45) is 0 Å². The summed E-state index contributed by atoms with van der Waals surface area (Å²) in [6, 6.07) is 2.15. The molecule has 168 valence electrons. The highest BCUT2D eigenvalue weighted by molar-refractivity contribution is 5.47. The highest BCUT2D eigenvalue weighted by atomic mass is 19.4. The number of nitrogens with two attached hydrogens (primary N) is 1. The van der Waals surface area contributed by atoms with Gasteiger partial charge in [-0.1, -0.05) is 0 Å². The fourth-order valence-corrected chi connectivity index (χ4v) is 2.06. The van der Waals surface area contributed by atoms with Crippen molar-refractivity contribution in [1.82, 2.24) is 0 Å². The van der Waals surface area contributed by atoms with Gasteiger partial charge < -0.3 is 10.8 Å². The van der Waals surface area contributed by atoms with E-state index in [1.54, 1.807) is 0 Å². The molecule has 0 atom stereocenters. The van der Waals surface area contributed by atoms with Crippen LogP contribution in [-0.4, -0.2) is 5.11 Å². The first-order valence-electron chi connectivity index (χ1n) is 7.26. The molecule has 2 aromatic rings. The lowest BCUT2D eigenvalue weighted by Crippen LogP contribution is -2.16. The van der Waals surface area contributed by atoms with E-state index < -0.39 is 52.7 Å². The predicted octanol–water partition coefficient (Wildman–Crippen LogP) is 6.74. The zero-order chi connectivity index (χ0) is 23.7. The normalized spacial score (nSPS) is 12.9. The van der Waals surface area contributed by atoms with E-state index in [0.29, 0.717) is 12.1 Å². The Balaban J connectivity index is 0.000000300. The van der Waals surface area contributed by atoms with E-state index in [2.05, 4.69) is 0 Å². The molecule has 0 aromatic heterocycles. The third kappa shape index (κ3) is 6.62. The summed E-state index contributed by atoms with van der Waals surface area (Å²) in [5.74, 6) is -0.865. The first-order valence-corrected chi connectivity index (χ1v) is 7.26. The van der Waals surface area contributed by atoms with Gasteiger partial charge in [0, 0.05) is 5.69 Å². The minimum atomic E-state index is -5.15. The molecule has 0 unspecified atom stereocenters. The van der Waals surface area contributed by atoms with Crippen molar-refractivity contribution >= 4 is 5.69 Å². The fraction of sp³-hybridized carbons (Fsp3) is 0.250. The molecule has 2 rings (SSSR count). The maximum absolute atomic E-state index is 12.2. The molecule has 0 fully saturated rings. The summed E-state index contributed by atoms with van der Waals surface area (Å²) in [6.07, 6.45) is -20.4. The van der Waals surface area contributed by atoms with Crippen molar-refractivity contribution in [2.45, 2.75) is 24.7 Å². The van der Waals surface area contributed by atoms with Gasteiger partial charge in [0.1, 0.15) is 5.75 Å². The first-order chi connectivity index (χ1) is 13.2. The highest BCUT2D eigenvalue weighted by Crippen LogP contribution is 2.42. The van der Waals surface area contributed by atoms with Crippen LogP contribution in [0, 0.1) is 0 Å². The summed E-state index contributed by atoms with van der Waals surface area (Å²) in [7, 11) is 0. The molecular weight excluding hydrogens is 450 g/mol. The molecule has 14 heteroatoms. The van der Waals surface area contributed by atoms with Crippen molar-refractivity contribution in [3.63, 3.8) is 0 Å². The number of aromatic hydroxyl groups is 1. The van der Waals surface area contributed by atoms with E-state index in [1.807, 2.05) is 0 Å². The van der Waals surface area contributed by atoms with Crippen LogP contribution in [0.3, 0.4) is 0 Å². The number of nitrogen functional groups attached to an aromatic ring is 1. The zero-order valence-corrected chi connectivity index (χ0v) is 14.0. The minimum absolute atomic E-state index is 0.0445. The van der Waals surface area contributed by atoms with Gasteiger partial charge in [-0.25, -0.2) is 0 Å². The second kappa shape index (κ2) is 8.14. The third-order valence-electron chi connectivity index (χ3n) is 3.27. The number of hydrogen-bond acceptors (Lipinski definition) is 2. The number of benzene rings is 2. The number of rotatable bonds is 0. The Kier molecular flexibility index (Phi) is 6.85. The zero-order valence-electron chi connectivity index (χ0n) is 14.0. The van der Waals surface area contributed by atoms with E-state index in [1.165, 1.54) is 0 Å². The van der Waals surface area contributed by atoms with Crippen molar-refractivity contribution in [3.8, 4) is 5.75 Å². The highest BCUT2D eigenvalue weighted by Gasteiger charge is 2.44. The van der Waals surface area contributed by atoms with Gasteiger partial charge in [0.2, 0.25) is 0 Å². The maximum Gasteiger partial charge on any atom is 0.417 e. The van der Waals surface area contributed by atoms with Crippen LogP contribution in [0.25, 0.3) is 0 Å². The Hall–Kier alpha value is -2.80. The molecule has 0 aliphatic rings. The fourth-order valence-electron chi connectivity index (χ4n) is 2.06. The number of halogens is 12. The standard InChI is InChI=1S/C8H5F6N.C8H4F6O/c2*9-7(10,11)5-2-1-4(15)3-6(5)8(12,13)14/h1-3H,15H2;1-3,15H. The molecule has 30 heavy (non-hydrogen) atoms. The average molecular weight is 459 g/mol. The molecule has 0 radical (unpaired) electrons. The van der Waals surface area contributed by atoms with Gasteiger partial charge in [-0.05, 0) is 36.4 Å². The Labute approximate surface area is 159 Å². The van der Waals surface area contributed by atoms with Crippen LogP contribution in [0.2, 0.25) is 0 Å². The van der Waals surface area contributed by atoms with Gasteiger partial charge in [-0.2, -0.15) is 52.7 Å². The van der Waals surface area contributed by atoms with Crippen LogP contribution in [0.15, 0.2) is 36.4 Å². The van der Waals surface area contributed by atoms with Crippen LogP contribution in [0.5, 0.6) is 5.75 Å². The van der Waals surface area contributed by atoms with Gasteiger partial charge in [-0.15, -0.1) is 0 Å². The topological polar surface area (TPSA) is 46.2 Å². The lowest BCUT2D eigenvalue weighted by molar-refractivity contribution is -0.162. The van der Waals surface area contributed by atoms with Gasteiger partial charge in [0.25, 0.3) is 0 Å². The summed E-state index contributed by atoms with van der Waals surface area (Å²) >= 11 is 0. The van der Waals surface area contributed by atoms with Crippen LogP contribution < -0.4 is 5.73 Å². The number of phenolic OH excluding ortho intramolecular Hbond substituents is 1. The Morgan fingerprint density at radius 3 is 1.20 bits per heavy atom. The van der Waals surface area contributed by atoms with Crippen molar-refractivity contribution in [1.29, 1.82) is 0 Å². The van der Waals surface area contributed by atoms with E-state index >= 15 is 0 Å². The largest absolute Gasteiger partial charge is 0.508 e. The number of alkyl halides is 12. The molecule has 0 aliphatic carbocycles. The molecule has 0 heterocycles. The molecule has 2 aromatic carbocycles. The molecule has 0 spiro atoms. The summed E-state index contributed by atoms with van der Waals surface area (Å²) in [6.45, 7) is 0. The molecule has 0 amide bonds. The van der Waals surface area contributed by atoms with Crippen molar-refractivity contribution in [2.75, 3.05) is 5.73 Å². The summed E-state index contributed by atoms with van der Waals surface area (Å²) in [4.78, 5) is 0. The summed E-state index contributed by atoms with van der Waals surface area (Å²) in [5.41, 5.74) is -2.57. The third-order valence-corrected chi connectivity index (χ3v) is 3.27. The minimum Gasteiger partial charge on any atom is -0.508 e. The number of hydrogen-bond donors (Lipinski definition) is 2. The van der Waals surface area contributed by atoms with Crippen molar-refractivity contribution in [3.05, 3.63) is 58.7 Å². The summed E-state index contributed by atoms with van der Waals surface area (Å²) in [5, 5.41) is 8.70. The van der Waals surface area contributed by atoms with E-state index in [9.17, 15) is 52.7 Å².